The number of nitrogens with zero attached hydrogens (tertiary/aromatic N) is 3. The van der Waals surface area contributed by atoms with Crippen LogP contribution in [0.5, 0.6) is 0 Å². The number of ether oxygens (including phenoxy) is 1. The molecule has 9 heteroatoms. The third kappa shape index (κ3) is 5.18. The minimum absolute atomic E-state index is 0.0988. The minimum Gasteiger partial charge on any atom is -0.480 e. The molecule has 0 spiro atoms. The zero-order valence-corrected chi connectivity index (χ0v) is 19.7. The summed E-state index contributed by atoms with van der Waals surface area (Å²) in [5, 5.41) is 16.0. The largest absolute Gasteiger partial charge is 0.480 e. The lowest BCUT2D eigenvalue weighted by Gasteiger charge is -2.26. The maximum absolute atomic E-state index is 13.3. The molecule has 0 bridgehead atoms. The van der Waals surface area contributed by atoms with Gasteiger partial charge in [-0.05, 0) is 28.7 Å². The Balaban J connectivity index is 1.51. The topological polar surface area (TPSA) is 114 Å². The number of aliphatic carboxylic acids is 1. The smallest absolute Gasteiger partial charge is 0.408 e. The van der Waals surface area contributed by atoms with E-state index in [0.717, 1.165) is 22.3 Å². The first-order valence-corrected chi connectivity index (χ1v) is 11.5. The van der Waals surface area contributed by atoms with Crippen LogP contribution < -0.4 is 5.32 Å². The highest BCUT2D eigenvalue weighted by Gasteiger charge is 2.32. The normalized spacial score (nSPS) is 13.0. The lowest BCUT2D eigenvalue weighted by atomic mass is 9.98. The highest BCUT2D eigenvalue weighted by atomic mass is 16.5. The molecule has 0 fully saturated rings. The van der Waals surface area contributed by atoms with Crippen LogP contribution in [0.3, 0.4) is 0 Å². The number of rotatable bonds is 9. The molecule has 182 valence electrons. The number of carboxylic acid groups (broad SMARTS) is 1. The fourth-order valence-electron chi connectivity index (χ4n) is 4.52. The second kappa shape index (κ2) is 10.4. The summed E-state index contributed by atoms with van der Waals surface area (Å²) in [6, 6.07) is 14.9. The molecular weight excluding hydrogens is 448 g/mol. The Hall–Kier alpha value is -4.14. The Kier molecular flexibility index (Phi) is 7.14. The summed E-state index contributed by atoms with van der Waals surface area (Å²) in [7, 11) is 1.69. The summed E-state index contributed by atoms with van der Waals surface area (Å²) >= 11 is 0. The predicted octanol–water partition coefficient (Wildman–Crippen LogP) is 3.32. The van der Waals surface area contributed by atoms with E-state index in [2.05, 4.69) is 22.5 Å². The van der Waals surface area contributed by atoms with E-state index in [4.69, 9.17) is 4.74 Å². The van der Waals surface area contributed by atoms with Crippen LogP contribution in [0.15, 0.2) is 60.9 Å². The van der Waals surface area contributed by atoms with Gasteiger partial charge in [0.1, 0.15) is 19.2 Å². The number of aryl methyl sites for hydroxylation is 1. The highest BCUT2D eigenvalue weighted by molar-refractivity contribution is 5.89. The van der Waals surface area contributed by atoms with Crippen molar-refractivity contribution in [2.45, 2.75) is 25.3 Å². The second-order valence-corrected chi connectivity index (χ2v) is 8.50. The first-order chi connectivity index (χ1) is 16.9. The van der Waals surface area contributed by atoms with E-state index in [9.17, 15) is 19.5 Å². The van der Waals surface area contributed by atoms with E-state index in [1.165, 1.54) is 15.8 Å². The molecule has 35 heavy (non-hydrogen) atoms. The number of hydrogen-bond donors (Lipinski definition) is 2. The number of benzene rings is 2. The number of carbonyl (C=O) groups excluding carboxylic acids is 2. The quantitative estimate of drug-likeness (QED) is 0.490. The Bertz CT molecular complexity index is 1190. The molecule has 4 rings (SSSR count). The number of alkyl carbamates (subject to hydrolysis) is 1. The van der Waals surface area contributed by atoms with Gasteiger partial charge in [-0.3, -0.25) is 14.3 Å². The van der Waals surface area contributed by atoms with Crippen molar-refractivity contribution in [1.29, 1.82) is 0 Å². The van der Waals surface area contributed by atoms with Crippen LogP contribution in [0.25, 0.3) is 11.1 Å². The molecular formula is C26H28N4O5. The van der Waals surface area contributed by atoms with E-state index < -0.39 is 30.6 Å². The van der Waals surface area contributed by atoms with Crippen LogP contribution in [-0.2, 0) is 21.4 Å². The van der Waals surface area contributed by atoms with Gasteiger partial charge in [0.2, 0.25) is 0 Å². The number of hydrogen-bond acceptors (Lipinski definition) is 5. The lowest BCUT2D eigenvalue weighted by Crippen LogP contribution is -2.45. The summed E-state index contributed by atoms with van der Waals surface area (Å²) < 4.78 is 7.12. The number of amides is 2. The molecule has 1 atom stereocenters. The highest BCUT2D eigenvalue weighted by Crippen LogP contribution is 2.44. The maximum Gasteiger partial charge on any atom is 0.408 e. The SMILES string of the molecule is CCCN(CC(=O)O)C(=O)C(NC(=O)OCC1c2ccccc2-c2ccccc21)c1cnn(C)c1. The summed E-state index contributed by atoms with van der Waals surface area (Å²) in [6.45, 7) is 1.73. The van der Waals surface area contributed by atoms with E-state index >= 15 is 0 Å². The van der Waals surface area contributed by atoms with Crippen LogP contribution in [0, 0.1) is 0 Å². The van der Waals surface area contributed by atoms with Crippen molar-refractivity contribution in [3.8, 4) is 11.1 Å². The van der Waals surface area contributed by atoms with Crippen LogP contribution in [0.4, 0.5) is 4.79 Å². The number of nitrogens with one attached hydrogen (secondary N) is 1. The fourth-order valence-corrected chi connectivity index (χ4v) is 4.52. The van der Waals surface area contributed by atoms with Crippen molar-refractivity contribution < 1.29 is 24.2 Å². The van der Waals surface area contributed by atoms with Gasteiger partial charge >= 0.3 is 12.1 Å². The fraction of sp³-hybridized carbons (Fsp3) is 0.308. The van der Waals surface area contributed by atoms with Crippen molar-refractivity contribution in [2.24, 2.45) is 7.05 Å². The number of aromatic nitrogens is 2. The first-order valence-electron chi connectivity index (χ1n) is 11.5. The maximum atomic E-state index is 13.3. The van der Waals surface area contributed by atoms with Gasteiger partial charge in [-0.2, -0.15) is 5.10 Å². The minimum atomic E-state index is -1.13. The second-order valence-electron chi connectivity index (χ2n) is 8.50. The van der Waals surface area contributed by atoms with Gasteiger partial charge in [-0.1, -0.05) is 55.5 Å². The Morgan fingerprint density at radius 2 is 1.74 bits per heavy atom. The summed E-state index contributed by atoms with van der Waals surface area (Å²) in [4.78, 5) is 38.6. The Morgan fingerprint density at radius 1 is 1.11 bits per heavy atom. The summed E-state index contributed by atoms with van der Waals surface area (Å²) in [5.74, 6) is -1.78. The van der Waals surface area contributed by atoms with Crippen molar-refractivity contribution in [3.05, 3.63) is 77.6 Å². The number of fused-ring (bicyclic) bond motifs is 3. The average Bonchev–Trinajstić information content (AvgIpc) is 3.41. The molecule has 0 saturated carbocycles. The van der Waals surface area contributed by atoms with Crippen LogP contribution >= 0.6 is 0 Å². The van der Waals surface area contributed by atoms with Gasteiger partial charge in [0, 0.05) is 31.3 Å². The molecule has 1 heterocycles. The molecule has 9 nitrogen and oxygen atoms in total. The van der Waals surface area contributed by atoms with E-state index in [-0.39, 0.29) is 19.1 Å². The first kappa shape index (κ1) is 24.0. The lowest BCUT2D eigenvalue weighted by molar-refractivity contribution is -0.145. The van der Waals surface area contributed by atoms with Gasteiger partial charge in [0.25, 0.3) is 5.91 Å². The summed E-state index contributed by atoms with van der Waals surface area (Å²) in [5.41, 5.74) is 4.83. The molecule has 2 aromatic carbocycles. The molecule has 2 N–H and O–H groups in total. The predicted molar refractivity (Wildman–Crippen MR) is 129 cm³/mol. The summed E-state index contributed by atoms with van der Waals surface area (Å²) in [6.07, 6.45) is 2.89. The molecule has 1 aliphatic carbocycles. The van der Waals surface area contributed by atoms with Crippen molar-refractivity contribution in [3.63, 3.8) is 0 Å². The van der Waals surface area contributed by atoms with Gasteiger partial charge in [-0.15, -0.1) is 0 Å². The molecule has 2 amide bonds. The molecule has 0 radical (unpaired) electrons. The van der Waals surface area contributed by atoms with Crippen molar-refractivity contribution >= 4 is 18.0 Å². The van der Waals surface area contributed by atoms with Crippen LogP contribution in [-0.4, -0.2) is 57.5 Å². The standard InChI is InChI=1S/C26H28N4O5/c1-3-12-30(15-23(31)32)25(33)24(17-13-27-29(2)14-17)28-26(34)35-16-22-20-10-6-4-8-18(20)19-9-5-7-11-21(19)22/h4-11,13-14,22,24H,3,12,15-16H2,1-2H3,(H,28,34)(H,31,32). The third-order valence-electron chi connectivity index (χ3n) is 6.04. The van der Waals surface area contributed by atoms with Crippen LogP contribution in [0.2, 0.25) is 0 Å². The molecule has 1 aromatic heterocycles. The Morgan fingerprint density at radius 3 is 2.29 bits per heavy atom. The average molecular weight is 477 g/mol. The molecule has 0 aliphatic heterocycles. The number of carboxylic acids is 1. The van der Waals surface area contributed by atoms with Gasteiger partial charge < -0.3 is 20.1 Å². The van der Waals surface area contributed by atoms with Gasteiger partial charge in [-0.25, -0.2) is 4.79 Å². The van der Waals surface area contributed by atoms with Gasteiger partial charge in [0.05, 0.1) is 6.20 Å². The monoisotopic (exact) mass is 476 g/mol. The zero-order valence-electron chi connectivity index (χ0n) is 19.7. The number of carbonyl (C=O) groups is 3. The van der Waals surface area contributed by atoms with E-state index in [1.54, 1.807) is 13.2 Å². The molecule has 3 aromatic rings. The molecule has 1 aliphatic rings. The van der Waals surface area contributed by atoms with E-state index in [0.29, 0.717) is 12.0 Å². The zero-order chi connectivity index (χ0) is 24.9. The van der Waals surface area contributed by atoms with Gasteiger partial charge in [0.15, 0.2) is 0 Å². The molecule has 1 unspecified atom stereocenters. The van der Waals surface area contributed by atoms with Crippen molar-refractivity contribution in [2.75, 3.05) is 19.7 Å². The molecule has 0 saturated heterocycles. The van der Waals surface area contributed by atoms with E-state index in [1.807, 2.05) is 43.3 Å². The third-order valence-corrected chi connectivity index (χ3v) is 6.04. The Labute approximate surface area is 203 Å². The van der Waals surface area contributed by atoms with Crippen LogP contribution in [0.1, 0.15) is 42.0 Å². The van der Waals surface area contributed by atoms with Crippen molar-refractivity contribution in [1.82, 2.24) is 20.0 Å².